The summed E-state index contributed by atoms with van der Waals surface area (Å²) in [6, 6.07) is 17.5. The molecule has 0 aliphatic carbocycles. The largest absolute Gasteiger partial charge is 0.497 e. The minimum absolute atomic E-state index is 0.0921. The highest BCUT2D eigenvalue weighted by Gasteiger charge is 2.19. The van der Waals surface area contributed by atoms with Crippen LogP contribution in [0.4, 0.5) is 0 Å². The molecule has 142 valence electrons. The molecule has 2 aromatic carbocycles. The van der Waals surface area contributed by atoms with Crippen LogP contribution in [0.25, 0.3) is 11.5 Å². The Kier molecular flexibility index (Phi) is 5.34. The molecule has 0 aliphatic rings. The lowest BCUT2D eigenvalue weighted by atomic mass is 10.2. The average molecular weight is 394 g/mol. The van der Waals surface area contributed by atoms with E-state index in [4.69, 9.17) is 9.15 Å². The highest BCUT2D eigenvalue weighted by atomic mass is 32.2. The summed E-state index contributed by atoms with van der Waals surface area (Å²) in [5.74, 6) is 1.85. The van der Waals surface area contributed by atoms with Crippen molar-refractivity contribution in [3.05, 3.63) is 66.1 Å². The lowest BCUT2D eigenvalue weighted by molar-refractivity contribution is 0.414. The standard InChI is InChI=1S/C19H18N6O2S/c1-13(17-20-21-18(27-17)15-6-4-3-5-7-15)28-19-22-23-24-25(19)12-14-8-10-16(26-2)11-9-14/h3-11,13H,12H2,1-2H3. The van der Waals surface area contributed by atoms with E-state index >= 15 is 0 Å². The number of thioether (sulfide) groups is 1. The van der Waals surface area contributed by atoms with E-state index in [1.807, 2.05) is 61.5 Å². The van der Waals surface area contributed by atoms with Gasteiger partial charge in [-0.1, -0.05) is 42.1 Å². The zero-order chi connectivity index (χ0) is 19.3. The number of nitrogens with zero attached hydrogens (tertiary/aromatic N) is 6. The van der Waals surface area contributed by atoms with Crippen molar-refractivity contribution in [3.63, 3.8) is 0 Å². The topological polar surface area (TPSA) is 91.8 Å². The van der Waals surface area contributed by atoms with Crippen molar-refractivity contribution < 1.29 is 9.15 Å². The van der Waals surface area contributed by atoms with E-state index in [0.717, 1.165) is 16.9 Å². The summed E-state index contributed by atoms with van der Waals surface area (Å²) in [6.07, 6.45) is 0. The Hall–Kier alpha value is -3.20. The predicted molar refractivity (Wildman–Crippen MR) is 104 cm³/mol. The van der Waals surface area contributed by atoms with E-state index in [2.05, 4.69) is 25.7 Å². The highest BCUT2D eigenvalue weighted by Crippen LogP contribution is 2.33. The number of hydrogen-bond donors (Lipinski definition) is 0. The van der Waals surface area contributed by atoms with Crippen molar-refractivity contribution in [1.29, 1.82) is 0 Å². The third-order valence-electron chi connectivity index (χ3n) is 4.08. The van der Waals surface area contributed by atoms with Crippen molar-refractivity contribution in [1.82, 2.24) is 30.4 Å². The SMILES string of the molecule is COc1ccc(Cn2nnnc2SC(C)c2nnc(-c3ccccc3)o2)cc1. The van der Waals surface area contributed by atoms with Crippen molar-refractivity contribution in [3.8, 4) is 17.2 Å². The maximum absolute atomic E-state index is 5.83. The Morgan fingerprint density at radius 3 is 2.57 bits per heavy atom. The molecule has 9 heteroatoms. The molecule has 0 saturated heterocycles. The molecule has 2 heterocycles. The lowest BCUT2D eigenvalue weighted by Gasteiger charge is -2.08. The molecule has 1 unspecified atom stereocenters. The van der Waals surface area contributed by atoms with Crippen LogP contribution in [0.2, 0.25) is 0 Å². The van der Waals surface area contributed by atoms with E-state index in [1.54, 1.807) is 11.8 Å². The Bertz CT molecular complexity index is 1030. The normalized spacial score (nSPS) is 12.1. The highest BCUT2D eigenvalue weighted by molar-refractivity contribution is 7.99. The van der Waals surface area contributed by atoms with Gasteiger partial charge >= 0.3 is 0 Å². The van der Waals surface area contributed by atoms with Gasteiger partial charge in [-0.3, -0.25) is 0 Å². The van der Waals surface area contributed by atoms with Crippen LogP contribution >= 0.6 is 11.8 Å². The van der Waals surface area contributed by atoms with Crippen LogP contribution in [0.15, 0.2) is 64.2 Å². The van der Waals surface area contributed by atoms with Crippen LogP contribution in [0, 0.1) is 0 Å². The molecule has 0 spiro atoms. The summed E-state index contributed by atoms with van der Waals surface area (Å²) in [4.78, 5) is 0. The molecule has 0 N–H and O–H groups in total. The van der Waals surface area contributed by atoms with Gasteiger partial charge in [0.1, 0.15) is 5.75 Å². The van der Waals surface area contributed by atoms with Gasteiger partial charge in [0, 0.05) is 5.56 Å². The minimum atomic E-state index is -0.0921. The summed E-state index contributed by atoms with van der Waals surface area (Å²) in [6.45, 7) is 2.55. The van der Waals surface area contributed by atoms with Crippen LogP contribution in [-0.4, -0.2) is 37.5 Å². The third kappa shape index (κ3) is 4.04. The Labute approximate surface area is 165 Å². The second-order valence-corrected chi connectivity index (χ2v) is 7.35. The number of hydrogen-bond acceptors (Lipinski definition) is 8. The zero-order valence-electron chi connectivity index (χ0n) is 15.4. The van der Waals surface area contributed by atoms with Gasteiger partial charge in [-0.25, -0.2) is 4.68 Å². The van der Waals surface area contributed by atoms with Gasteiger partial charge in [0.25, 0.3) is 0 Å². The van der Waals surface area contributed by atoms with Crippen molar-refractivity contribution in [2.45, 2.75) is 23.9 Å². The molecule has 1 atom stereocenters. The fourth-order valence-electron chi connectivity index (χ4n) is 2.59. The first kappa shape index (κ1) is 18.2. The predicted octanol–water partition coefficient (Wildman–Crippen LogP) is 3.63. The first-order valence-corrected chi connectivity index (χ1v) is 9.55. The van der Waals surface area contributed by atoms with E-state index in [9.17, 15) is 0 Å². The van der Waals surface area contributed by atoms with Gasteiger partial charge in [0.15, 0.2) is 0 Å². The van der Waals surface area contributed by atoms with Crippen molar-refractivity contribution >= 4 is 11.8 Å². The summed E-state index contributed by atoms with van der Waals surface area (Å²) in [7, 11) is 1.65. The molecule has 4 rings (SSSR count). The summed E-state index contributed by atoms with van der Waals surface area (Å²) < 4.78 is 12.8. The van der Waals surface area contributed by atoms with Gasteiger partial charge < -0.3 is 9.15 Å². The maximum atomic E-state index is 5.83. The molecule has 0 fully saturated rings. The molecule has 0 bridgehead atoms. The maximum Gasteiger partial charge on any atom is 0.247 e. The van der Waals surface area contributed by atoms with Gasteiger partial charge in [0.2, 0.25) is 16.9 Å². The number of rotatable bonds is 7. The fourth-order valence-corrected chi connectivity index (χ4v) is 3.41. The molecule has 28 heavy (non-hydrogen) atoms. The van der Waals surface area contributed by atoms with E-state index in [-0.39, 0.29) is 5.25 Å². The van der Waals surface area contributed by atoms with Crippen LogP contribution in [0.5, 0.6) is 5.75 Å². The van der Waals surface area contributed by atoms with Crippen LogP contribution in [-0.2, 0) is 6.54 Å². The second-order valence-electron chi connectivity index (χ2n) is 6.04. The molecule has 0 amide bonds. The Morgan fingerprint density at radius 2 is 1.82 bits per heavy atom. The molecular formula is C19H18N6O2S. The quantitative estimate of drug-likeness (QED) is 0.439. The zero-order valence-corrected chi connectivity index (χ0v) is 16.2. The Morgan fingerprint density at radius 1 is 1.04 bits per heavy atom. The first-order chi connectivity index (χ1) is 13.7. The van der Waals surface area contributed by atoms with E-state index in [0.29, 0.717) is 23.5 Å². The Balaban J connectivity index is 1.46. The van der Waals surface area contributed by atoms with Gasteiger partial charge in [-0.05, 0) is 47.2 Å². The number of aromatic nitrogens is 6. The monoisotopic (exact) mass is 394 g/mol. The molecular weight excluding hydrogens is 376 g/mol. The average Bonchev–Trinajstić information content (AvgIpc) is 3.39. The van der Waals surface area contributed by atoms with Crippen LogP contribution in [0.1, 0.15) is 23.6 Å². The summed E-state index contributed by atoms with van der Waals surface area (Å²) in [5, 5.41) is 20.9. The van der Waals surface area contributed by atoms with E-state index < -0.39 is 0 Å². The molecule has 0 saturated carbocycles. The molecule has 0 aliphatic heterocycles. The molecule has 4 aromatic rings. The molecule has 8 nitrogen and oxygen atoms in total. The van der Waals surface area contributed by atoms with Gasteiger partial charge in [0.05, 0.1) is 18.9 Å². The van der Waals surface area contributed by atoms with E-state index in [1.165, 1.54) is 11.8 Å². The number of ether oxygens (including phenoxy) is 1. The second kappa shape index (κ2) is 8.22. The fraction of sp³-hybridized carbons (Fsp3) is 0.211. The summed E-state index contributed by atoms with van der Waals surface area (Å²) >= 11 is 1.47. The third-order valence-corrected chi connectivity index (χ3v) is 5.14. The summed E-state index contributed by atoms with van der Waals surface area (Å²) in [5.41, 5.74) is 1.97. The first-order valence-electron chi connectivity index (χ1n) is 8.67. The van der Waals surface area contributed by atoms with Crippen molar-refractivity contribution in [2.24, 2.45) is 0 Å². The lowest BCUT2D eigenvalue weighted by Crippen LogP contribution is -2.04. The smallest absolute Gasteiger partial charge is 0.247 e. The van der Waals surface area contributed by atoms with Crippen molar-refractivity contribution in [2.75, 3.05) is 7.11 Å². The molecule has 2 aromatic heterocycles. The van der Waals surface area contributed by atoms with Crippen LogP contribution in [0.3, 0.4) is 0 Å². The minimum Gasteiger partial charge on any atom is -0.497 e. The van der Waals surface area contributed by atoms with Gasteiger partial charge in [-0.2, -0.15) is 0 Å². The number of benzene rings is 2. The number of tetrazole rings is 1. The van der Waals surface area contributed by atoms with Crippen LogP contribution < -0.4 is 4.74 Å². The number of methoxy groups -OCH3 is 1. The van der Waals surface area contributed by atoms with Gasteiger partial charge in [-0.15, -0.1) is 15.3 Å². The molecule has 0 radical (unpaired) electrons.